The molecule has 2 unspecified atom stereocenters. The molecule has 1 saturated heterocycles. The fraction of sp³-hybridized carbons (Fsp3) is 0.857. The predicted molar refractivity (Wildman–Crippen MR) is 101 cm³/mol. The second-order valence-electron chi connectivity index (χ2n) is 7.76. The van der Waals surface area contributed by atoms with Crippen molar-refractivity contribution in [3.8, 4) is 0 Å². The summed E-state index contributed by atoms with van der Waals surface area (Å²) in [5.41, 5.74) is 0. The Morgan fingerprint density at radius 1 is 0.885 bits per heavy atom. The monoisotopic (exact) mass is 368 g/mol. The van der Waals surface area contributed by atoms with E-state index in [1.807, 2.05) is 0 Å². The normalized spacial score (nSPS) is 22.4. The van der Waals surface area contributed by atoms with E-state index < -0.39 is 23.9 Å². The maximum absolute atomic E-state index is 11.5. The molecule has 0 bridgehead atoms. The van der Waals surface area contributed by atoms with Gasteiger partial charge < -0.3 is 14.6 Å². The first-order valence-electron chi connectivity index (χ1n) is 10.4. The summed E-state index contributed by atoms with van der Waals surface area (Å²) in [6, 6.07) is 0. The third-order valence-corrected chi connectivity index (χ3v) is 5.38. The van der Waals surface area contributed by atoms with Crippen LogP contribution in [0.15, 0.2) is 0 Å². The predicted octanol–water partition coefficient (Wildman–Crippen LogP) is 4.91. The molecule has 5 nitrogen and oxygen atoms in total. The second kappa shape index (κ2) is 12.9. The number of hydrogen-bond donors (Lipinski definition) is 1. The van der Waals surface area contributed by atoms with E-state index >= 15 is 0 Å². The van der Waals surface area contributed by atoms with Gasteiger partial charge in [-0.2, -0.15) is 0 Å². The minimum atomic E-state index is -0.922. The first kappa shape index (κ1) is 22.7. The van der Waals surface area contributed by atoms with E-state index in [1.165, 1.54) is 44.9 Å². The lowest BCUT2D eigenvalue weighted by Crippen LogP contribution is -2.27. The molecule has 5 heteroatoms. The van der Waals surface area contributed by atoms with Crippen LogP contribution in [0.25, 0.3) is 0 Å². The molecule has 1 heterocycles. The first-order valence-corrected chi connectivity index (χ1v) is 10.4. The summed E-state index contributed by atoms with van der Waals surface area (Å²) in [7, 11) is 0. The third-order valence-electron chi connectivity index (χ3n) is 5.38. The smallest absolute Gasteiger partial charge is 0.311 e. The third kappa shape index (κ3) is 8.81. The van der Waals surface area contributed by atoms with Crippen LogP contribution in [-0.2, 0) is 19.1 Å². The molecule has 0 saturated carbocycles. The lowest BCUT2D eigenvalue weighted by atomic mass is 9.89. The van der Waals surface area contributed by atoms with E-state index in [0.29, 0.717) is 12.2 Å². The minimum absolute atomic E-state index is 0.295. The van der Waals surface area contributed by atoms with Gasteiger partial charge in [0.2, 0.25) is 0 Å². The molecule has 0 amide bonds. The van der Waals surface area contributed by atoms with Gasteiger partial charge in [0.15, 0.2) is 0 Å². The quantitative estimate of drug-likeness (QED) is 0.328. The van der Waals surface area contributed by atoms with Crippen LogP contribution in [-0.4, -0.2) is 28.9 Å². The SMILES string of the molecule is CC(=O)CCCCCCCCCCCCC[C@H]1OC(=O)C(C)C1C(=O)O. The number of ether oxygens (including phenoxy) is 1. The van der Waals surface area contributed by atoms with Crippen molar-refractivity contribution in [2.24, 2.45) is 11.8 Å². The van der Waals surface area contributed by atoms with Gasteiger partial charge in [0.05, 0.1) is 5.92 Å². The lowest BCUT2D eigenvalue weighted by Gasteiger charge is -2.15. The number of carboxylic acids is 1. The molecule has 0 spiro atoms. The Labute approximate surface area is 157 Å². The Morgan fingerprint density at radius 2 is 1.35 bits per heavy atom. The molecule has 0 aromatic carbocycles. The standard InChI is InChI=1S/C21H36O5/c1-16(22)14-12-10-8-6-4-3-5-7-9-11-13-15-18-19(20(23)24)17(2)21(25)26-18/h17-19H,3-15H2,1-2H3,(H,23,24)/t17?,18-,19?/m1/s1. The largest absolute Gasteiger partial charge is 0.481 e. The zero-order valence-electron chi connectivity index (χ0n) is 16.5. The Kier molecular flexibility index (Phi) is 11.2. The van der Waals surface area contributed by atoms with Crippen LogP contribution in [0.4, 0.5) is 0 Å². The number of rotatable bonds is 15. The molecule has 0 radical (unpaired) electrons. The van der Waals surface area contributed by atoms with Crippen molar-refractivity contribution in [2.45, 2.75) is 103 Å². The molecular formula is C21H36O5. The van der Waals surface area contributed by atoms with Crippen LogP contribution in [0, 0.1) is 11.8 Å². The number of Topliss-reactive ketones (excluding diaryl/α,β-unsaturated/α-hetero) is 1. The highest BCUT2D eigenvalue weighted by molar-refractivity contribution is 5.84. The van der Waals surface area contributed by atoms with Gasteiger partial charge in [-0.25, -0.2) is 0 Å². The van der Waals surface area contributed by atoms with Crippen LogP contribution in [0.3, 0.4) is 0 Å². The van der Waals surface area contributed by atoms with Gasteiger partial charge in [-0.15, -0.1) is 0 Å². The fourth-order valence-electron chi connectivity index (χ4n) is 3.72. The van der Waals surface area contributed by atoms with Crippen molar-refractivity contribution < 1.29 is 24.2 Å². The molecule has 0 aliphatic carbocycles. The van der Waals surface area contributed by atoms with Crippen molar-refractivity contribution in [2.75, 3.05) is 0 Å². The van der Waals surface area contributed by atoms with Gasteiger partial charge in [-0.3, -0.25) is 9.59 Å². The number of carbonyl (C=O) groups is 3. The lowest BCUT2D eigenvalue weighted by molar-refractivity contribution is -0.144. The summed E-state index contributed by atoms with van der Waals surface area (Å²) in [4.78, 5) is 33.6. The minimum Gasteiger partial charge on any atom is -0.481 e. The second-order valence-corrected chi connectivity index (χ2v) is 7.76. The van der Waals surface area contributed by atoms with Gasteiger partial charge in [-0.05, 0) is 26.2 Å². The highest BCUT2D eigenvalue weighted by Crippen LogP contribution is 2.31. The van der Waals surface area contributed by atoms with Crippen LogP contribution in [0.5, 0.6) is 0 Å². The van der Waals surface area contributed by atoms with Crippen LogP contribution in [0.1, 0.15) is 97.3 Å². The van der Waals surface area contributed by atoms with E-state index in [4.69, 9.17) is 4.74 Å². The van der Waals surface area contributed by atoms with Crippen molar-refractivity contribution in [3.63, 3.8) is 0 Å². The zero-order chi connectivity index (χ0) is 19.4. The van der Waals surface area contributed by atoms with Gasteiger partial charge in [0.25, 0.3) is 0 Å². The average Bonchev–Trinajstić information content (AvgIpc) is 2.86. The molecule has 3 atom stereocenters. The topological polar surface area (TPSA) is 80.7 Å². The molecule has 1 aliphatic heterocycles. The number of cyclic esters (lactones) is 1. The van der Waals surface area contributed by atoms with Gasteiger partial charge in [0.1, 0.15) is 17.8 Å². The Bertz CT molecular complexity index is 446. The molecule has 0 aromatic rings. The van der Waals surface area contributed by atoms with E-state index in [-0.39, 0.29) is 5.97 Å². The summed E-state index contributed by atoms with van der Waals surface area (Å²) in [5, 5.41) is 9.24. The number of esters is 1. The van der Waals surface area contributed by atoms with Crippen LogP contribution >= 0.6 is 0 Å². The molecule has 1 aliphatic rings. The number of aliphatic carboxylic acids is 1. The summed E-state index contributed by atoms with van der Waals surface area (Å²) in [6.45, 7) is 3.30. The molecule has 1 rings (SSSR count). The molecule has 150 valence electrons. The molecule has 0 aromatic heterocycles. The van der Waals surface area contributed by atoms with Crippen LogP contribution < -0.4 is 0 Å². The highest BCUT2D eigenvalue weighted by Gasteiger charge is 2.45. The molecule has 26 heavy (non-hydrogen) atoms. The number of ketones is 1. The maximum atomic E-state index is 11.5. The Hall–Kier alpha value is -1.39. The zero-order valence-corrected chi connectivity index (χ0v) is 16.5. The maximum Gasteiger partial charge on any atom is 0.311 e. The molecular weight excluding hydrogens is 332 g/mol. The Morgan fingerprint density at radius 3 is 1.81 bits per heavy atom. The van der Waals surface area contributed by atoms with E-state index in [9.17, 15) is 19.5 Å². The number of carboxylic acid groups (broad SMARTS) is 1. The summed E-state index contributed by atoms with van der Waals surface area (Å²) in [5.74, 6) is -2.21. The first-order chi connectivity index (χ1) is 12.4. The van der Waals surface area contributed by atoms with Crippen molar-refractivity contribution >= 4 is 17.7 Å². The fourth-order valence-corrected chi connectivity index (χ4v) is 3.72. The van der Waals surface area contributed by atoms with Gasteiger partial charge in [-0.1, -0.05) is 64.7 Å². The number of carbonyl (C=O) groups excluding carboxylic acids is 2. The van der Waals surface area contributed by atoms with Crippen molar-refractivity contribution in [3.05, 3.63) is 0 Å². The number of unbranched alkanes of at least 4 members (excludes halogenated alkanes) is 10. The van der Waals surface area contributed by atoms with Gasteiger partial charge >= 0.3 is 11.9 Å². The number of hydrogen-bond acceptors (Lipinski definition) is 4. The van der Waals surface area contributed by atoms with Crippen molar-refractivity contribution in [1.82, 2.24) is 0 Å². The summed E-state index contributed by atoms with van der Waals surface area (Å²) in [6.07, 6.45) is 13.8. The summed E-state index contributed by atoms with van der Waals surface area (Å²) < 4.78 is 5.22. The van der Waals surface area contributed by atoms with E-state index in [2.05, 4.69) is 0 Å². The highest BCUT2D eigenvalue weighted by atomic mass is 16.6. The summed E-state index contributed by atoms with van der Waals surface area (Å²) >= 11 is 0. The van der Waals surface area contributed by atoms with E-state index in [0.717, 1.165) is 32.1 Å². The van der Waals surface area contributed by atoms with Gasteiger partial charge in [0, 0.05) is 6.42 Å². The van der Waals surface area contributed by atoms with Crippen LogP contribution in [0.2, 0.25) is 0 Å². The van der Waals surface area contributed by atoms with Crippen molar-refractivity contribution in [1.29, 1.82) is 0 Å². The van der Waals surface area contributed by atoms with E-state index in [1.54, 1.807) is 13.8 Å². The Balaban J connectivity index is 1.93. The average molecular weight is 369 g/mol. The molecule has 1 fully saturated rings. The molecule has 1 N–H and O–H groups in total.